The normalized spacial score (nSPS) is 11.4. The largest absolute Gasteiger partial charge is 0.352 e. The molecular weight excluding hydrogens is 554 g/mol. The Balaban J connectivity index is 1.35. The van der Waals surface area contributed by atoms with Crippen molar-refractivity contribution in [2.45, 2.75) is 17.9 Å². The summed E-state index contributed by atoms with van der Waals surface area (Å²) in [5.41, 5.74) is 2.87. The van der Waals surface area contributed by atoms with Gasteiger partial charge in [-0.3, -0.25) is 18.9 Å². The molecule has 5 aromatic rings. The molecule has 1 amide bonds. The molecule has 0 unspecified atom stereocenters. The summed E-state index contributed by atoms with van der Waals surface area (Å²) < 4.78 is 31.3. The second-order valence-corrected chi connectivity index (χ2v) is 11.9. The van der Waals surface area contributed by atoms with Crippen molar-refractivity contribution < 1.29 is 13.2 Å². The van der Waals surface area contributed by atoms with Crippen LogP contribution in [-0.2, 0) is 23.0 Å². The fraction of sp³-hybridized carbons (Fsp3) is 0.103. The minimum Gasteiger partial charge on any atom is -0.352 e. The van der Waals surface area contributed by atoms with Crippen molar-refractivity contribution in [2.75, 3.05) is 11.3 Å². The summed E-state index contributed by atoms with van der Waals surface area (Å²) in [6, 6.07) is 28.0. The van der Waals surface area contributed by atoms with Gasteiger partial charge in [-0.25, -0.2) is 8.42 Å². The first-order valence-corrected chi connectivity index (χ1v) is 14.8. The van der Waals surface area contributed by atoms with Crippen LogP contribution in [0.25, 0.3) is 10.2 Å². The van der Waals surface area contributed by atoms with Crippen LogP contribution in [0.5, 0.6) is 0 Å². The van der Waals surface area contributed by atoms with Crippen LogP contribution in [0.4, 0.5) is 5.69 Å². The Morgan fingerprint density at radius 3 is 2.41 bits per heavy atom. The number of anilines is 1. The molecule has 0 aliphatic rings. The van der Waals surface area contributed by atoms with E-state index < -0.39 is 10.0 Å². The van der Waals surface area contributed by atoms with Crippen LogP contribution in [0.2, 0.25) is 5.02 Å². The highest BCUT2D eigenvalue weighted by atomic mass is 35.5. The third-order valence-electron chi connectivity index (χ3n) is 6.19. The van der Waals surface area contributed by atoms with Gasteiger partial charge < -0.3 is 5.32 Å². The van der Waals surface area contributed by atoms with Crippen molar-refractivity contribution in [3.05, 3.63) is 128 Å². The molecule has 0 atom stereocenters. The first-order chi connectivity index (χ1) is 18.8. The van der Waals surface area contributed by atoms with Crippen molar-refractivity contribution in [1.82, 2.24) is 9.88 Å². The molecule has 7 nitrogen and oxygen atoms in total. The van der Waals surface area contributed by atoms with E-state index in [0.717, 1.165) is 22.5 Å². The third-order valence-corrected chi connectivity index (χ3v) is 8.87. The predicted octanol–water partition coefficient (Wildman–Crippen LogP) is 5.54. The summed E-state index contributed by atoms with van der Waals surface area (Å²) in [5.74, 6) is -0.380. The molecule has 1 aromatic heterocycles. The molecule has 0 fully saturated rings. The molecule has 2 N–H and O–H groups in total. The number of halogens is 1. The van der Waals surface area contributed by atoms with Gasteiger partial charge in [0.25, 0.3) is 15.9 Å². The SMILES string of the molecule is O=C(NCCc1ccccc1)c1ccccc1NS(=O)(=O)c1ccc2c(c1)sc(=O)n2Cc1ccccc1Cl. The number of rotatable bonds is 9. The van der Waals surface area contributed by atoms with Crippen molar-refractivity contribution in [3.8, 4) is 0 Å². The molecule has 0 spiro atoms. The summed E-state index contributed by atoms with van der Waals surface area (Å²) in [5, 5.41) is 3.40. The molecule has 0 aliphatic heterocycles. The maximum absolute atomic E-state index is 13.3. The van der Waals surface area contributed by atoms with Crippen LogP contribution in [0.1, 0.15) is 21.5 Å². The maximum Gasteiger partial charge on any atom is 0.308 e. The fourth-order valence-electron chi connectivity index (χ4n) is 4.19. The zero-order chi connectivity index (χ0) is 27.4. The van der Waals surface area contributed by atoms with Crippen LogP contribution in [0.3, 0.4) is 0 Å². The molecule has 198 valence electrons. The summed E-state index contributed by atoms with van der Waals surface area (Å²) in [7, 11) is -4.05. The predicted molar refractivity (Wildman–Crippen MR) is 156 cm³/mol. The highest BCUT2D eigenvalue weighted by Crippen LogP contribution is 2.26. The highest BCUT2D eigenvalue weighted by molar-refractivity contribution is 7.92. The van der Waals surface area contributed by atoms with E-state index in [4.69, 9.17) is 11.6 Å². The lowest BCUT2D eigenvalue weighted by molar-refractivity contribution is 0.0955. The fourth-order valence-corrected chi connectivity index (χ4v) is 6.50. The summed E-state index contributed by atoms with van der Waals surface area (Å²) in [4.78, 5) is 25.4. The molecule has 0 aliphatic carbocycles. The number of hydrogen-bond donors (Lipinski definition) is 2. The molecule has 4 aromatic carbocycles. The summed E-state index contributed by atoms with van der Waals surface area (Å²) in [6.07, 6.45) is 0.652. The molecule has 0 bridgehead atoms. The molecular formula is C29H24ClN3O4S2. The van der Waals surface area contributed by atoms with Gasteiger partial charge >= 0.3 is 4.87 Å². The van der Waals surface area contributed by atoms with Gasteiger partial charge in [-0.05, 0) is 53.9 Å². The van der Waals surface area contributed by atoms with Crippen LogP contribution >= 0.6 is 22.9 Å². The maximum atomic E-state index is 13.3. The van der Waals surface area contributed by atoms with Crippen LogP contribution in [-0.4, -0.2) is 25.4 Å². The van der Waals surface area contributed by atoms with E-state index in [1.807, 2.05) is 48.5 Å². The molecule has 10 heteroatoms. The van der Waals surface area contributed by atoms with E-state index in [2.05, 4.69) is 10.0 Å². The molecule has 0 saturated heterocycles. The van der Waals surface area contributed by atoms with E-state index in [1.54, 1.807) is 41.0 Å². The van der Waals surface area contributed by atoms with Gasteiger partial charge in [0.1, 0.15) is 0 Å². The summed E-state index contributed by atoms with van der Waals surface area (Å²) in [6.45, 7) is 0.681. The second kappa shape index (κ2) is 11.4. The standard InChI is InChI=1S/C29H24ClN3O4S2/c30-24-12-6-4-10-21(24)19-33-26-15-14-22(18-27(26)38-29(33)35)39(36,37)32-25-13-7-5-11-23(25)28(34)31-17-16-20-8-2-1-3-9-20/h1-15,18,32H,16-17,19H2,(H,31,34). The number of benzene rings is 4. The number of para-hydroxylation sites is 1. The number of sulfonamides is 1. The van der Waals surface area contributed by atoms with Crippen LogP contribution < -0.4 is 14.9 Å². The number of hydrogen-bond acceptors (Lipinski definition) is 5. The Morgan fingerprint density at radius 1 is 0.897 bits per heavy atom. The first kappa shape index (κ1) is 26.7. The lowest BCUT2D eigenvalue weighted by Crippen LogP contribution is -2.27. The number of nitrogens with zero attached hydrogens (tertiary/aromatic N) is 1. The van der Waals surface area contributed by atoms with Gasteiger partial charge in [-0.15, -0.1) is 0 Å². The smallest absolute Gasteiger partial charge is 0.308 e. The molecule has 39 heavy (non-hydrogen) atoms. The van der Waals surface area contributed by atoms with Crippen molar-refractivity contribution in [3.63, 3.8) is 0 Å². The lowest BCUT2D eigenvalue weighted by Gasteiger charge is -2.13. The molecule has 1 heterocycles. The minimum atomic E-state index is -4.05. The Labute approximate surface area is 234 Å². The number of aromatic nitrogens is 1. The van der Waals surface area contributed by atoms with Gasteiger partial charge in [-0.1, -0.05) is 83.6 Å². The van der Waals surface area contributed by atoms with Crippen LogP contribution in [0.15, 0.2) is 107 Å². The quantitative estimate of drug-likeness (QED) is 0.240. The lowest BCUT2D eigenvalue weighted by atomic mass is 10.1. The van der Waals surface area contributed by atoms with E-state index in [0.29, 0.717) is 28.2 Å². The Bertz CT molecular complexity index is 1820. The number of nitrogens with one attached hydrogen (secondary N) is 2. The highest BCUT2D eigenvalue weighted by Gasteiger charge is 2.20. The van der Waals surface area contributed by atoms with E-state index in [1.165, 1.54) is 12.1 Å². The second-order valence-electron chi connectivity index (χ2n) is 8.82. The van der Waals surface area contributed by atoms with Gasteiger partial charge in [0.2, 0.25) is 0 Å². The number of thiazole rings is 1. The van der Waals surface area contributed by atoms with Gasteiger partial charge in [-0.2, -0.15) is 0 Å². The van der Waals surface area contributed by atoms with E-state index >= 15 is 0 Å². The van der Waals surface area contributed by atoms with Crippen molar-refractivity contribution >= 4 is 54.8 Å². The van der Waals surface area contributed by atoms with E-state index in [9.17, 15) is 18.0 Å². The van der Waals surface area contributed by atoms with Crippen molar-refractivity contribution in [1.29, 1.82) is 0 Å². The Kier molecular flexibility index (Phi) is 7.83. The molecule has 0 saturated carbocycles. The van der Waals surface area contributed by atoms with Crippen LogP contribution in [0, 0.1) is 0 Å². The van der Waals surface area contributed by atoms with E-state index in [-0.39, 0.29) is 33.5 Å². The Hall–Kier alpha value is -3.92. The zero-order valence-corrected chi connectivity index (χ0v) is 23.0. The number of carbonyl (C=O) groups is 1. The number of amides is 1. The molecule has 5 rings (SSSR count). The monoisotopic (exact) mass is 577 g/mol. The number of carbonyl (C=O) groups excluding carboxylic acids is 1. The average molecular weight is 578 g/mol. The van der Waals surface area contributed by atoms with Gasteiger partial charge in [0.05, 0.1) is 32.9 Å². The minimum absolute atomic E-state index is 0.0135. The summed E-state index contributed by atoms with van der Waals surface area (Å²) >= 11 is 7.23. The van der Waals surface area contributed by atoms with Gasteiger partial charge in [0, 0.05) is 11.6 Å². The zero-order valence-electron chi connectivity index (χ0n) is 20.6. The topological polar surface area (TPSA) is 97.3 Å². The van der Waals surface area contributed by atoms with Crippen molar-refractivity contribution in [2.24, 2.45) is 0 Å². The Morgan fingerprint density at radius 2 is 1.62 bits per heavy atom. The third kappa shape index (κ3) is 6.06. The van der Waals surface area contributed by atoms with Gasteiger partial charge in [0.15, 0.2) is 0 Å². The average Bonchev–Trinajstić information content (AvgIpc) is 3.24. The number of fused-ring (bicyclic) bond motifs is 1. The first-order valence-electron chi connectivity index (χ1n) is 12.1. The molecule has 0 radical (unpaired) electrons.